The summed E-state index contributed by atoms with van der Waals surface area (Å²) in [5, 5.41) is 4.29. The first-order valence-electron chi connectivity index (χ1n) is 10.3. The SMILES string of the molecule is Cc1nccn1CC1=Cc2cc(Cl)ccc2C(C2CCNCC2)c2ncccc21. The van der Waals surface area contributed by atoms with E-state index >= 15 is 0 Å². The van der Waals surface area contributed by atoms with Gasteiger partial charge in [-0.2, -0.15) is 0 Å². The molecule has 5 heteroatoms. The van der Waals surface area contributed by atoms with Crippen molar-refractivity contribution in [2.24, 2.45) is 5.92 Å². The van der Waals surface area contributed by atoms with Crippen molar-refractivity contribution in [3.63, 3.8) is 0 Å². The smallest absolute Gasteiger partial charge is 0.105 e. The molecule has 3 heterocycles. The third kappa shape index (κ3) is 3.52. The number of aromatic nitrogens is 3. The van der Waals surface area contributed by atoms with Crippen molar-refractivity contribution in [1.29, 1.82) is 0 Å². The van der Waals surface area contributed by atoms with Crippen molar-refractivity contribution in [1.82, 2.24) is 19.9 Å². The number of halogens is 1. The Morgan fingerprint density at radius 1 is 1.14 bits per heavy atom. The third-order valence-corrected chi connectivity index (χ3v) is 6.55. The fraction of sp³-hybridized carbons (Fsp3) is 0.333. The number of benzene rings is 1. The van der Waals surface area contributed by atoms with E-state index in [1.807, 2.05) is 31.6 Å². The average Bonchev–Trinajstić information content (AvgIpc) is 3.09. The molecule has 5 rings (SSSR count). The fourth-order valence-corrected chi connectivity index (χ4v) is 5.02. The molecule has 29 heavy (non-hydrogen) atoms. The minimum atomic E-state index is 0.290. The second-order valence-electron chi connectivity index (χ2n) is 8.05. The summed E-state index contributed by atoms with van der Waals surface area (Å²) in [7, 11) is 0. The van der Waals surface area contributed by atoms with Crippen molar-refractivity contribution in [3.8, 4) is 0 Å². The highest BCUT2D eigenvalue weighted by Crippen LogP contribution is 2.44. The van der Waals surface area contributed by atoms with E-state index in [4.69, 9.17) is 16.6 Å². The Morgan fingerprint density at radius 3 is 2.79 bits per heavy atom. The van der Waals surface area contributed by atoms with Crippen molar-refractivity contribution >= 4 is 23.3 Å². The van der Waals surface area contributed by atoms with Gasteiger partial charge in [0.05, 0.1) is 5.69 Å². The number of fused-ring (bicyclic) bond motifs is 2. The van der Waals surface area contributed by atoms with Crippen LogP contribution in [0.4, 0.5) is 0 Å². The number of hydrogen-bond acceptors (Lipinski definition) is 3. The van der Waals surface area contributed by atoms with Gasteiger partial charge in [0.15, 0.2) is 0 Å². The molecule has 1 unspecified atom stereocenters. The van der Waals surface area contributed by atoms with Crippen LogP contribution in [0.25, 0.3) is 11.6 Å². The maximum atomic E-state index is 6.42. The van der Waals surface area contributed by atoms with E-state index in [1.165, 1.54) is 40.8 Å². The van der Waals surface area contributed by atoms with Gasteiger partial charge in [0, 0.05) is 41.6 Å². The summed E-state index contributed by atoms with van der Waals surface area (Å²) in [6.07, 6.45) is 10.5. The molecule has 1 N–H and O–H groups in total. The van der Waals surface area contributed by atoms with Gasteiger partial charge in [0.1, 0.15) is 5.82 Å². The Labute approximate surface area is 176 Å². The molecule has 1 aliphatic heterocycles. The zero-order chi connectivity index (χ0) is 19.8. The van der Waals surface area contributed by atoms with Gasteiger partial charge in [-0.25, -0.2) is 4.98 Å². The van der Waals surface area contributed by atoms with Gasteiger partial charge in [0.25, 0.3) is 0 Å². The fourth-order valence-electron chi connectivity index (χ4n) is 4.84. The number of allylic oxidation sites excluding steroid dienone is 1. The minimum Gasteiger partial charge on any atom is -0.331 e. The zero-order valence-corrected chi connectivity index (χ0v) is 17.4. The topological polar surface area (TPSA) is 42.7 Å². The molecule has 0 bridgehead atoms. The first-order chi connectivity index (χ1) is 14.2. The lowest BCUT2D eigenvalue weighted by Gasteiger charge is -2.32. The molecule has 1 aliphatic carbocycles. The first kappa shape index (κ1) is 18.6. The normalized spacial score (nSPS) is 19.2. The molecule has 1 atom stereocenters. The van der Waals surface area contributed by atoms with E-state index in [0.717, 1.165) is 30.5 Å². The minimum absolute atomic E-state index is 0.290. The highest BCUT2D eigenvalue weighted by atomic mass is 35.5. The lowest BCUT2D eigenvalue weighted by atomic mass is 9.76. The summed E-state index contributed by atoms with van der Waals surface area (Å²) < 4.78 is 2.19. The van der Waals surface area contributed by atoms with Crippen molar-refractivity contribution < 1.29 is 0 Å². The first-order valence-corrected chi connectivity index (χ1v) is 10.7. The Hall–Kier alpha value is -2.43. The van der Waals surface area contributed by atoms with E-state index < -0.39 is 0 Å². The number of rotatable bonds is 3. The summed E-state index contributed by atoms with van der Waals surface area (Å²) in [6, 6.07) is 10.6. The van der Waals surface area contributed by atoms with Gasteiger partial charge in [-0.15, -0.1) is 0 Å². The van der Waals surface area contributed by atoms with E-state index in [-0.39, 0.29) is 0 Å². The molecule has 0 radical (unpaired) electrons. The number of aryl methyl sites for hydroxylation is 1. The van der Waals surface area contributed by atoms with E-state index in [0.29, 0.717) is 11.8 Å². The van der Waals surface area contributed by atoms with Crippen LogP contribution in [-0.2, 0) is 6.54 Å². The van der Waals surface area contributed by atoms with Crippen LogP contribution >= 0.6 is 11.6 Å². The number of hydrogen-bond donors (Lipinski definition) is 1. The van der Waals surface area contributed by atoms with Gasteiger partial charge >= 0.3 is 0 Å². The van der Waals surface area contributed by atoms with Crippen LogP contribution in [0.3, 0.4) is 0 Å². The highest BCUT2D eigenvalue weighted by molar-refractivity contribution is 6.30. The van der Waals surface area contributed by atoms with Crippen LogP contribution in [0, 0.1) is 12.8 Å². The van der Waals surface area contributed by atoms with Crippen LogP contribution in [0.1, 0.15) is 47.0 Å². The number of nitrogens with one attached hydrogen (secondary N) is 1. The number of piperidine rings is 1. The molecule has 3 aromatic rings. The maximum absolute atomic E-state index is 6.42. The molecule has 1 fully saturated rings. The van der Waals surface area contributed by atoms with Crippen LogP contribution in [0.5, 0.6) is 0 Å². The van der Waals surface area contributed by atoms with E-state index in [1.54, 1.807) is 0 Å². The predicted octanol–water partition coefficient (Wildman–Crippen LogP) is 4.93. The second-order valence-corrected chi connectivity index (χ2v) is 8.48. The number of nitrogens with zero attached hydrogens (tertiary/aromatic N) is 3. The molecule has 2 aromatic heterocycles. The molecular formula is C24H25ClN4. The highest BCUT2D eigenvalue weighted by Gasteiger charge is 2.33. The summed E-state index contributed by atoms with van der Waals surface area (Å²) in [4.78, 5) is 9.34. The van der Waals surface area contributed by atoms with Gasteiger partial charge in [-0.05, 0) is 79.7 Å². The Bertz CT molecular complexity index is 1060. The number of imidazole rings is 1. The molecule has 0 amide bonds. The van der Waals surface area contributed by atoms with Crippen LogP contribution in [0.2, 0.25) is 5.02 Å². The number of pyridine rings is 1. The summed E-state index contributed by atoms with van der Waals surface area (Å²) in [6.45, 7) is 4.96. The molecule has 0 spiro atoms. The van der Waals surface area contributed by atoms with Crippen LogP contribution in [-0.4, -0.2) is 27.6 Å². The van der Waals surface area contributed by atoms with Crippen molar-refractivity contribution in [2.45, 2.75) is 32.2 Å². The molecular weight excluding hydrogens is 380 g/mol. The molecule has 4 nitrogen and oxygen atoms in total. The lowest BCUT2D eigenvalue weighted by molar-refractivity contribution is 0.339. The van der Waals surface area contributed by atoms with Crippen molar-refractivity contribution in [3.05, 3.63) is 82.2 Å². The summed E-state index contributed by atoms with van der Waals surface area (Å²) >= 11 is 6.42. The Balaban J connectivity index is 1.69. The standard InChI is InChI=1S/C24H25ClN4/c1-16-27-11-12-29(16)15-19-13-18-14-20(25)4-5-21(18)23(17-6-9-26-10-7-17)24-22(19)3-2-8-28-24/h2-5,8,11-14,17,23,26H,6-7,9-10,15H2,1H3. The molecule has 148 valence electrons. The largest absolute Gasteiger partial charge is 0.331 e. The molecule has 2 aliphatic rings. The molecule has 0 saturated carbocycles. The molecule has 1 saturated heterocycles. The second kappa shape index (κ2) is 7.77. The monoisotopic (exact) mass is 404 g/mol. The molecule has 1 aromatic carbocycles. The van der Waals surface area contributed by atoms with Crippen LogP contribution in [0.15, 0.2) is 48.9 Å². The summed E-state index contributed by atoms with van der Waals surface area (Å²) in [5.41, 5.74) is 6.26. The zero-order valence-electron chi connectivity index (χ0n) is 16.6. The summed E-state index contributed by atoms with van der Waals surface area (Å²) in [5.74, 6) is 1.88. The van der Waals surface area contributed by atoms with Gasteiger partial charge < -0.3 is 9.88 Å². The maximum Gasteiger partial charge on any atom is 0.105 e. The lowest BCUT2D eigenvalue weighted by Crippen LogP contribution is -2.32. The average molecular weight is 405 g/mol. The quantitative estimate of drug-likeness (QED) is 0.673. The van der Waals surface area contributed by atoms with Gasteiger partial charge in [0.2, 0.25) is 0 Å². The van der Waals surface area contributed by atoms with Gasteiger partial charge in [-0.3, -0.25) is 4.98 Å². The van der Waals surface area contributed by atoms with Gasteiger partial charge in [-0.1, -0.05) is 23.7 Å². The van der Waals surface area contributed by atoms with E-state index in [2.05, 4.69) is 45.2 Å². The van der Waals surface area contributed by atoms with Crippen molar-refractivity contribution in [2.75, 3.05) is 13.1 Å². The Morgan fingerprint density at radius 2 is 2.00 bits per heavy atom. The van der Waals surface area contributed by atoms with Crippen LogP contribution < -0.4 is 5.32 Å². The third-order valence-electron chi connectivity index (χ3n) is 6.31. The predicted molar refractivity (Wildman–Crippen MR) is 118 cm³/mol. The van der Waals surface area contributed by atoms with E-state index in [9.17, 15) is 0 Å². The Kier molecular flexibility index (Phi) is 4.98.